The Kier molecular flexibility index (Phi) is 6.01. The molecule has 3 aliphatic carbocycles. The van der Waals surface area contributed by atoms with E-state index in [1.54, 1.807) is 24.1 Å². The van der Waals surface area contributed by atoms with Crippen molar-refractivity contribution in [3.8, 4) is 5.69 Å². The molecule has 0 saturated heterocycles. The van der Waals surface area contributed by atoms with Crippen molar-refractivity contribution >= 4 is 22.8 Å². The topological polar surface area (TPSA) is 87.5 Å². The summed E-state index contributed by atoms with van der Waals surface area (Å²) in [7, 11) is 1.73. The Balaban J connectivity index is 1.43. The first-order chi connectivity index (χ1) is 18.2. The summed E-state index contributed by atoms with van der Waals surface area (Å²) < 4.78 is 30.0. The lowest BCUT2D eigenvalue weighted by atomic mass is 9.62. The summed E-state index contributed by atoms with van der Waals surface area (Å²) in [5.41, 5.74) is -0.921. The fourth-order valence-corrected chi connectivity index (χ4v) is 7.33. The van der Waals surface area contributed by atoms with Gasteiger partial charge in [-0.05, 0) is 87.0 Å². The zero-order chi connectivity index (χ0) is 26.8. The van der Waals surface area contributed by atoms with E-state index >= 15 is 0 Å². The van der Waals surface area contributed by atoms with Gasteiger partial charge in [0.1, 0.15) is 23.0 Å². The lowest BCUT2D eigenvalue weighted by Crippen LogP contribution is -2.51. The van der Waals surface area contributed by atoms with Gasteiger partial charge in [0.15, 0.2) is 5.65 Å². The number of aliphatic hydroxyl groups excluding tert-OH is 1. The molecule has 9 heteroatoms. The zero-order valence-corrected chi connectivity index (χ0v) is 21.6. The molecular weight excluding hydrogens is 490 g/mol. The summed E-state index contributed by atoms with van der Waals surface area (Å²) in [5.74, 6) is 1.19. The number of pyridine rings is 2. The SMILES string of the molecule is CN(CCO)c1ccc2c(=O)c(C(=O)NC3(C)CC4CC5CC(C3)C5C4)cn(-c3ccc(F)cc3F)c2n1. The van der Waals surface area contributed by atoms with Crippen molar-refractivity contribution in [2.75, 3.05) is 25.1 Å². The molecule has 2 heterocycles. The molecule has 5 unspecified atom stereocenters. The minimum Gasteiger partial charge on any atom is -0.395 e. The highest BCUT2D eigenvalue weighted by Gasteiger charge is 2.53. The Morgan fingerprint density at radius 2 is 2.00 bits per heavy atom. The van der Waals surface area contributed by atoms with E-state index < -0.39 is 28.5 Å². The van der Waals surface area contributed by atoms with Gasteiger partial charge in [0, 0.05) is 31.4 Å². The Morgan fingerprint density at radius 3 is 2.76 bits per heavy atom. The number of aromatic nitrogens is 2. The van der Waals surface area contributed by atoms with Crippen LogP contribution >= 0.6 is 0 Å². The largest absolute Gasteiger partial charge is 0.395 e. The highest BCUT2D eigenvalue weighted by atomic mass is 19.1. The van der Waals surface area contributed by atoms with E-state index in [-0.39, 0.29) is 28.9 Å². The van der Waals surface area contributed by atoms with Gasteiger partial charge in [-0.25, -0.2) is 13.8 Å². The van der Waals surface area contributed by atoms with Crippen LogP contribution in [0.4, 0.5) is 14.6 Å². The number of hydrogen-bond donors (Lipinski definition) is 2. The molecule has 2 aromatic heterocycles. The number of amides is 1. The number of aliphatic hydroxyl groups is 1. The third-order valence-electron chi connectivity index (χ3n) is 9.00. The Labute approximate surface area is 219 Å². The molecule has 1 amide bonds. The predicted octanol–water partition coefficient (Wildman–Crippen LogP) is 4.04. The van der Waals surface area contributed by atoms with Gasteiger partial charge in [0.05, 0.1) is 17.7 Å². The van der Waals surface area contributed by atoms with Crippen molar-refractivity contribution in [1.29, 1.82) is 0 Å². The van der Waals surface area contributed by atoms with E-state index in [0.717, 1.165) is 36.8 Å². The van der Waals surface area contributed by atoms with E-state index in [1.165, 1.54) is 36.1 Å². The molecule has 38 heavy (non-hydrogen) atoms. The quantitative estimate of drug-likeness (QED) is 0.510. The normalized spacial score (nSPS) is 27.6. The molecule has 200 valence electrons. The first-order valence-corrected chi connectivity index (χ1v) is 13.3. The third kappa shape index (κ3) is 4.17. The highest BCUT2D eigenvalue weighted by molar-refractivity contribution is 5.97. The number of likely N-dealkylation sites (N-methyl/N-ethyl adjacent to an activating group) is 1. The maximum atomic E-state index is 15.0. The zero-order valence-electron chi connectivity index (χ0n) is 21.6. The maximum absolute atomic E-state index is 15.0. The number of benzene rings is 1. The molecule has 2 bridgehead atoms. The van der Waals surface area contributed by atoms with Crippen LogP contribution in [0.1, 0.15) is 49.4 Å². The molecule has 3 aromatic rings. The number of nitrogens with one attached hydrogen (secondary N) is 1. The van der Waals surface area contributed by atoms with Gasteiger partial charge < -0.3 is 15.3 Å². The lowest BCUT2D eigenvalue weighted by molar-refractivity contribution is 0.0570. The molecule has 0 spiro atoms. The summed E-state index contributed by atoms with van der Waals surface area (Å²) >= 11 is 0. The summed E-state index contributed by atoms with van der Waals surface area (Å²) in [5, 5.41) is 12.7. The number of rotatable bonds is 6. The van der Waals surface area contributed by atoms with Crippen molar-refractivity contribution in [3.63, 3.8) is 0 Å². The van der Waals surface area contributed by atoms with E-state index in [0.29, 0.717) is 24.2 Å². The molecule has 3 aliphatic rings. The Hall–Kier alpha value is -3.33. The third-order valence-corrected chi connectivity index (χ3v) is 9.00. The van der Waals surface area contributed by atoms with Gasteiger partial charge in [-0.15, -0.1) is 0 Å². The maximum Gasteiger partial charge on any atom is 0.257 e. The van der Waals surface area contributed by atoms with Crippen molar-refractivity contribution in [2.24, 2.45) is 23.7 Å². The minimum absolute atomic E-state index is 0.0293. The lowest BCUT2D eigenvalue weighted by Gasteiger charge is -2.46. The number of halogens is 2. The number of carbonyl (C=O) groups excluding carboxylic acids is 1. The van der Waals surface area contributed by atoms with E-state index in [4.69, 9.17) is 0 Å². The molecule has 3 fully saturated rings. The van der Waals surface area contributed by atoms with Crippen molar-refractivity contribution in [2.45, 2.75) is 44.6 Å². The van der Waals surface area contributed by atoms with Gasteiger partial charge in [-0.2, -0.15) is 0 Å². The minimum atomic E-state index is -0.844. The van der Waals surface area contributed by atoms with E-state index in [2.05, 4.69) is 17.2 Å². The molecule has 0 aliphatic heterocycles. The second kappa shape index (κ2) is 9.15. The average Bonchev–Trinajstić information content (AvgIpc) is 3.12. The first kappa shape index (κ1) is 25.0. The van der Waals surface area contributed by atoms with E-state index in [9.17, 15) is 23.5 Å². The molecule has 3 saturated carbocycles. The van der Waals surface area contributed by atoms with Gasteiger partial charge in [0.25, 0.3) is 5.91 Å². The van der Waals surface area contributed by atoms with Crippen LogP contribution in [0.2, 0.25) is 0 Å². The number of carbonyl (C=O) groups is 1. The first-order valence-electron chi connectivity index (χ1n) is 13.3. The number of fused-ring (bicyclic) bond motifs is 2. The predicted molar refractivity (Wildman–Crippen MR) is 141 cm³/mol. The van der Waals surface area contributed by atoms with Gasteiger partial charge >= 0.3 is 0 Å². The average molecular weight is 523 g/mol. The Morgan fingerprint density at radius 1 is 1.18 bits per heavy atom. The number of anilines is 1. The summed E-state index contributed by atoms with van der Waals surface area (Å²) in [6.45, 7) is 2.27. The molecule has 6 rings (SSSR count). The van der Waals surface area contributed by atoms with Crippen LogP contribution in [-0.4, -0.2) is 46.3 Å². The molecule has 0 radical (unpaired) electrons. The van der Waals surface area contributed by atoms with Crippen molar-refractivity contribution < 1.29 is 18.7 Å². The highest BCUT2D eigenvalue weighted by Crippen LogP contribution is 2.60. The van der Waals surface area contributed by atoms with Crippen molar-refractivity contribution in [1.82, 2.24) is 14.9 Å². The van der Waals surface area contributed by atoms with Crippen LogP contribution in [0, 0.1) is 35.3 Å². The van der Waals surface area contributed by atoms with Crippen LogP contribution in [0.15, 0.2) is 41.3 Å². The summed E-state index contributed by atoms with van der Waals surface area (Å²) in [6.07, 6.45) is 6.76. The van der Waals surface area contributed by atoms with Crippen LogP contribution in [0.25, 0.3) is 16.7 Å². The fourth-order valence-electron chi connectivity index (χ4n) is 7.33. The van der Waals surface area contributed by atoms with Crippen LogP contribution in [0.5, 0.6) is 0 Å². The van der Waals surface area contributed by atoms with Crippen LogP contribution in [-0.2, 0) is 0 Å². The van der Waals surface area contributed by atoms with Gasteiger partial charge in [0.2, 0.25) is 5.43 Å². The molecule has 2 N–H and O–H groups in total. The van der Waals surface area contributed by atoms with Crippen LogP contribution < -0.4 is 15.6 Å². The molecular formula is C29H32F2N4O3. The molecule has 1 aromatic carbocycles. The second-order valence-corrected chi connectivity index (χ2v) is 11.7. The summed E-state index contributed by atoms with van der Waals surface area (Å²) in [6, 6.07) is 6.33. The molecule has 7 nitrogen and oxygen atoms in total. The molecule has 5 atom stereocenters. The van der Waals surface area contributed by atoms with Crippen molar-refractivity contribution in [3.05, 3.63) is 63.9 Å². The second-order valence-electron chi connectivity index (χ2n) is 11.7. The monoisotopic (exact) mass is 522 g/mol. The fraction of sp³-hybridized carbons (Fsp3) is 0.483. The van der Waals surface area contributed by atoms with Crippen LogP contribution in [0.3, 0.4) is 0 Å². The Bertz CT molecular complexity index is 1480. The van der Waals surface area contributed by atoms with Gasteiger partial charge in [-0.3, -0.25) is 14.2 Å². The smallest absolute Gasteiger partial charge is 0.257 e. The van der Waals surface area contributed by atoms with E-state index in [1.807, 2.05) is 0 Å². The number of hydrogen-bond acceptors (Lipinski definition) is 5. The number of nitrogens with zero attached hydrogens (tertiary/aromatic N) is 3. The standard InChI is InChI=1S/C29H32F2N4O3/c1-29(13-16-9-17-11-18(14-29)21(17)10-16)33-28(38)22-15-35(24-5-3-19(30)12-23(24)31)27-20(26(22)37)4-6-25(32-27)34(2)7-8-36/h3-6,12,15-18,21,36H,7-11,13-14H2,1-2H3,(H,33,38). The summed E-state index contributed by atoms with van der Waals surface area (Å²) in [4.78, 5) is 33.5. The van der Waals surface area contributed by atoms with Gasteiger partial charge in [-0.1, -0.05) is 0 Å².